The Morgan fingerprint density at radius 1 is 1.04 bits per heavy atom. The lowest BCUT2D eigenvalue weighted by Gasteiger charge is -2.44. The van der Waals surface area contributed by atoms with Crippen molar-refractivity contribution in [1.82, 2.24) is 9.88 Å². The molecular weight excluding hydrogens is 348 g/mol. The first-order valence-electron chi connectivity index (χ1n) is 10.3. The number of ether oxygens (including phenoxy) is 1. The zero-order valence-electron chi connectivity index (χ0n) is 16.2. The molecule has 5 heteroatoms. The molecular formula is C23H26N4O. The van der Waals surface area contributed by atoms with Gasteiger partial charge >= 0.3 is 0 Å². The molecule has 2 aliphatic heterocycles. The molecule has 3 aliphatic rings. The second kappa shape index (κ2) is 7.20. The Morgan fingerprint density at radius 2 is 1.82 bits per heavy atom. The van der Waals surface area contributed by atoms with Gasteiger partial charge in [-0.1, -0.05) is 24.3 Å². The van der Waals surface area contributed by atoms with Gasteiger partial charge < -0.3 is 9.64 Å². The predicted octanol–water partition coefficient (Wildman–Crippen LogP) is 3.44. The molecule has 0 unspecified atom stereocenters. The van der Waals surface area contributed by atoms with Gasteiger partial charge in [-0.05, 0) is 48.9 Å². The minimum atomic E-state index is -0.0265. The van der Waals surface area contributed by atoms with Gasteiger partial charge in [-0.3, -0.25) is 4.90 Å². The summed E-state index contributed by atoms with van der Waals surface area (Å²) in [6, 6.07) is 15.4. The van der Waals surface area contributed by atoms with Crippen LogP contribution in [0.2, 0.25) is 0 Å². The Labute approximate surface area is 166 Å². The minimum Gasteiger partial charge on any atom is -0.366 e. The quantitative estimate of drug-likeness (QED) is 0.806. The van der Waals surface area contributed by atoms with Gasteiger partial charge in [0.25, 0.3) is 0 Å². The van der Waals surface area contributed by atoms with Crippen LogP contribution in [0, 0.1) is 11.3 Å². The van der Waals surface area contributed by atoms with E-state index in [0.29, 0.717) is 11.6 Å². The summed E-state index contributed by atoms with van der Waals surface area (Å²) >= 11 is 0. The normalized spacial score (nSPS) is 27.5. The second-order valence-electron chi connectivity index (χ2n) is 8.21. The molecule has 0 N–H and O–H groups in total. The number of anilines is 1. The van der Waals surface area contributed by atoms with Gasteiger partial charge in [0.2, 0.25) is 0 Å². The molecule has 2 aromatic rings. The molecule has 144 valence electrons. The topological polar surface area (TPSA) is 52.4 Å². The predicted molar refractivity (Wildman–Crippen MR) is 108 cm³/mol. The monoisotopic (exact) mass is 374 g/mol. The lowest BCUT2D eigenvalue weighted by Crippen LogP contribution is -2.52. The van der Waals surface area contributed by atoms with E-state index in [1.54, 1.807) is 6.20 Å². The highest BCUT2D eigenvalue weighted by molar-refractivity contribution is 5.42. The van der Waals surface area contributed by atoms with Crippen LogP contribution in [0.5, 0.6) is 0 Å². The number of piperazine rings is 1. The summed E-state index contributed by atoms with van der Waals surface area (Å²) in [5.41, 5.74) is 3.41. The van der Waals surface area contributed by atoms with E-state index >= 15 is 0 Å². The van der Waals surface area contributed by atoms with Gasteiger partial charge in [0.15, 0.2) is 0 Å². The third kappa shape index (κ3) is 3.07. The van der Waals surface area contributed by atoms with Crippen molar-refractivity contribution < 1.29 is 4.74 Å². The van der Waals surface area contributed by atoms with E-state index in [1.165, 1.54) is 24.0 Å². The molecule has 0 amide bonds. The van der Waals surface area contributed by atoms with Crippen molar-refractivity contribution in [3.8, 4) is 6.07 Å². The van der Waals surface area contributed by atoms with Crippen LogP contribution in [0.4, 0.5) is 5.82 Å². The number of hydrogen-bond acceptors (Lipinski definition) is 5. The van der Waals surface area contributed by atoms with Crippen LogP contribution in [-0.2, 0) is 16.9 Å². The first-order valence-corrected chi connectivity index (χ1v) is 10.3. The maximum absolute atomic E-state index is 8.93. The molecule has 1 aromatic carbocycles. The number of benzene rings is 1. The summed E-state index contributed by atoms with van der Waals surface area (Å²) in [6.45, 7) is 4.93. The van der Waals surface area contributed by atoms with Crippen molar-refractivity contribution in [2.75, 3.05) is 31.1 Å². The second-order valence-corrected chi connectivity index (χ2v) is 8.21. The smallest absolute Gasteiger partial charge is 0.128 e. The Bertz CT molecular complexity index is 872. The van der Waals surface area contributed by atoms with Crippen molar-refractivity contribution in [1.29, 1.82) is 5.26 Å². The lowest BCUT2D eigenvalue weighted by molar-refractivity contribution is -0.0777. The number of aromatic nitrogens is 1. The third-order valence-corrected chi connectivity index (χ3v) is 6.81. The third-order valence-electron chi connectivity index (χ3n) is 6.81. The maximum Gasteiger partial charge on any atom is 0.128 e. The van der Waals surface area contributed by atoms with Gasteiger partial charge in [0.05, 0.1) is 17.8 Å². The van der Waals surface area contributed by atoms with Crippen molar-refractivity contribution in [2.24, 2.45) is 0 Å². The summed E-state index contributed by atoms with van der Waals surface area (Å²) in [4.78, 5) is 9.44. The summed E-state index contributed by atoms with van der Waals surface area (Å²) in [5.74, 6) is 0.984. The largest absolute Gasteiger partial charge is 0.366 e. The molecule has 0 radical (unpaired) electrons. The Balaban J connectivity index is 1.18. The molecule has 1 saturated heterocycles. The minimum absolute atomic E-state index is 0.0265. The van der Waals surface area contributed by atoms with Crippen LogP contribution < -0.4 is 4.90 Å². The summed E-state index contributed by atoms with van der Waals surface area (Å²) < 4.78 is 6.32. The fraction of sp³-hybridized carbons (Fsp3) is 0.478. The molecule has 28 heavy (non-hydrogen) atoms. The standard InChI is InChI=1S/C23H26N4O/c24-15-18-5-6-22(25-16-18)27-13-11-26(12-14-27)20-7-9-23(10-8-20)21-4-2-1-3-19(21)17-28-23/h1-6,16,20H,7-14,17H2. The number of nitrogens with zero attached hydrogens (tertiary/aromatic N) is 4. The average Bonchev–Trinajstić information content (AvgIpc) is 3.13. The average molecular weight is 374 g/mol. The van der Waals surface area contributed by atoms with Gasteiger partial charge in [-0.15, -0.1) is 0 Å². The SMILES string of the molecule is N#Cc1ccc(N2CCN(C3CCC4(CC3)OCc3ccccc34)CC2)nc1. The zero-order valence-corrected chi connectivity index (χ0v) is 16.2. The van der Waals surface area contributed by atoms with E-state index in [1.807, 2.05) is 12.1 Å². The first kappa shape index (κ1) is 17.7. The van der Waals surface area contributed by atoms with Crippen molar-refractivity contribution in [3.05, 3.63) is 59.3 Å². The van der Waals surface area contributed by atoms with E-state index in [4.69, 9.17) is 10.00 Å². The van der Waals surface area contributed by atoms with Crippen LogP contribution in [-0.4, -0.2) is 42.1 Å². The van der Waals surface area contributed by atoms with Gasteiger partial charge in [0.1, 0.15) is 11.9 Å². The van der Waals surface area contributed by atoms with Crippen LogP contribution >= 0.6 is 0 Å². The Kier molecular flexibility index (Phi) is 4.54. The maximum atomic E-state index is 8.93. The van der Waals surface area contributed by atoms with Crippen molar-refractivity contribution in [3.63, 3.8) is 0 Å². The highest BCUT2D eigenvalue weighted by atomic mass is 16.5. The number of rotatable bonds is 2. The number of nitriles is 1. The van der Waals surface area contributed by atoms with Gasteiger partial charge in [-0.2, -0.15) is 5.26 Å². The lowest BCUT2D eigenvalue weighted by atomic mass is 9.77. The van der Waals surface area contributed by atoms with Crippen LogP contribution in [0.25, 0.3) is 0 Å². The fourth-order valence-electron chi connectivity index (χ4n) is 5.19. The number of fused-ring (bicyclic) bond motifs is 2. The molecule has 1 spiro atoms. The van der Waals surface area contributed by atoms with Crippen LogP contribution in [0.1, 0.15) is 42.4 Å². The molecule has 1 aromatic heterocycles. The molecule has 1 saturated carbocycles. The molecule has 5 nitrogen and oxygen atoms in total. The number of pyridine rings is 1. The first-order chi connectivity index (χ1) is 13.8. The van der Waals surface area contributed by atoms with Gasteiger partial charge in [0, 0.05) is 38.4 Å². The summed E-state index contributed by atoms with van der Waals surface area (Å²) in [5, 5.41) is 8.93. The van der Waals surface area contributed by atoms with E-state index in [9.17, 15) is 0 Å². The summed E-state index contributed by atoms with van der Waals surface area (Å²) in [7, 11) is 0. The molecule has 0 atom stereocenters. The summed E-state index contributed by atoms with van der Waals surface area (Å²) in [6.07, 6.45) is 6.35. The number of hydrogen-bond donors (Lipinski definition) is 0. The van der Waals surface area contributed by atoms with E-state index in [0.717, 1.165) is 51.4 Å². The van der Waals surface area contributed by atoms with Crippen LogP contribution in [0.3, 0.4) is 0 Å². The van der Waals surface area contributed by atoms with E-state index in [2.05, 4.69) is 45.1 Å². The van der Waals surface area contributed by atoms with Crippen molar-refractivity contribution in [2.45, 2.75) is 43.9 Å². The molecule has 1 aliphatic carbocycles. The Hall–Kier alpha value is -2.42. The molecule has 5 rings (SSSR count). The highest BCUT2D eigenvalue weighted by Gasteiger charge is 2.43. The van der Waals surface area contributed by atoms with E-state index in [-0.39, 0.29) is 5.60 Å². The Morgan fingerprint density at radius 3 is 2.54 bits per heavy atom. The van der Waals surface area contributed by atoms with E-state index < -0.39 is 0 Å². The fourth-order valence-corrected chi connectivity index (χ4v) is 5.19. The molecule has 2 fully saturated rings. The van der Waals surface area contributed by atoms with Crippen molar-refractivity contribution >= 4 is 5.82 Å². The highest BCUT2D eigenvalue weighted by Crippen LogP contribution is 2.47. The molecule has 3 heterocycles. The molecule has 0 bridgehead atoms. The zero-order chi connectivity index (χ0) is 19.0. The van der Waals surface area contributed by atoms with Crippen LogP contribution in [0.15, 0.2) is 42.6 Å². The van der Waals surface area contributed by atoms with Gasteiger partial charge in [-0.25, -0.2) is 4.98 Å².